The molecule has 0 spiro atoms. The van der Waals surface area contributed by atoms with Gasteiger partial charge in [0, 0.05) is 23.0 Å². The fourth-order valence-electron chi connectivity index (χ4n) is 1.63. The molecule has 0 amide bonds. The van der Waals surface area contributed by atoms with Crippen LogP contribution in [0.4, 0.5) is 5.82 Å². The minimum atomic E-state index is -3.61. The average Bonchev–Trinajstić information content (AvgIpc) is 2.91. The van der Waals surface area contributed by atoms with E-state index in [1.807, 2.05) is 0 Å². The Balaban J connectivity index is 2.11. The van der Waals surface area contributed by atoms with Crippen LogP contribution in [0.15, 0.2) is 39.1 Å². The highest BCUT2D eigenvalue weighted by atomic mass is 79.9. The van der Waals surface area contributed by atoms with Gasteiger partial charge in [0.25, 0.3) is 10.0 Å². The van der Waals surface area contributed by atoms with E-state index >= 15 is 0 Å². The molecule has 114 valence electrons. The molecule has 0 saturated heterocycles. The topological polar surface area (TPSA) is 71.1 Å². The number of rotatable bonds is 7. The minimum Gasteiger partial charge on any atom is -0.312 e. The van der Waals surface area contributed by atoms with Crippen LogP contribution < -0.4 is 10.0 Å². The van der Waals surface area contributed by atoms with Gasteiger partial charge in [0.05, 0.1) is 9.37 Å². The molecule has 0 aliphatic rings. The van der Waals surface area contributed by atoms with E-state index in [1.165, 1.54) is 17.5 Å². The molecule has 0 aromatic carbocycles. The van der Waals surface area contributed by atoms with Crippen molar-refractivity contribution >= 4 is 43.1 Å². The maximum absolute atomic E-state index is 12.3. The summed E-state index contributed by atoms with van der Waals surface area (Å²) in [6.45, 7) is 3.69. The van der Waals surface area contributed by atoms with Crippen LogP contribution in [0.25, 0.3) is 0 Å². The van der Waals surface area contributed by atoms with E-state index < -0.39 is 10.0 Å². The molecule has 0 saturated carbocycles. The van der Waals surface area contributed by atoms with E-state index in [4.69, 9.17) is 0 Å². The van der Waals surface area contributed by atoms with Crippen molar-refractivity contribution in [2.75, 3.05) is 11.3 Å². The fourth-order valence-corrected chi connectivity index (χ4v) is 4.39. The number of nitrogens with one attached hydrogen (secondary N) is 2. The van der Waals surface area contributed by atoms with Crippen LogP contribution in [0.1, 0.15) is 18.2 Å². The van der Waals surface area contributed by atoms with Crippen LogP contribution >= 0.6 is 27.3 Å². The highest BCUT2D eigenvalue weighted by Crippen LogP contribution is 2.24. The SMILES string of the molecule is CCCNCc1cc(S(=O)(=O)Nc2ncccc2Br)cs1. The van der Waals surface area contributed by atoms with Gasteiger partial charge in [-0.1, -0.05) is 6.92 Å². The van der Waals surface area contributed by atoms with Gasteiger partial charge in [-0.2, -0.15) is 0 Å². The van der Waals surface area contributed by atoms with Gasteiger partial charge in [0.1, 0.15) is 0 Å². The predicted molar refractivity (Wildman–Crippen MR) is 89.1 cm³/mol. The number of hydrogen-bond acceptors (Lipinski definition) is 5. The summed E-state index contributed by atoms with van der Waals surface area (Å²) in [6, 6.07) is 5.15. The summed E-state index contributed by atoms with van der Waals surface area (Å²) in [4.78, 5) is 5.26. The van der Waals surface area contributed by atoms with Gasteiger partial charge in [-0.15, -0.1) is 11.3 Å². The van der Waals surface area contributed by atoms with Crippen molar-refractivity contribution in [3.63, 3.8) is 0 Å². The summed E-state index contributed by atoms with van der Waals surface area (Å²) in [5.41, 5.74) is 0. The fraction of sp³-hybridized carbons (Fsp3) is 0.308. The Labute approximate surface area is 137 Å². The highest BCUT2D eigenvalue weighted by Gasteiger charge is 2.18. The summed E-state index contributed by atoms with van der Waals surface area (Å²) in [5, 5.41) is 4.89. The molecule has 2 N–H and O–H groups in total. The zero-order chi connectivity index (χ0) is 15.3. The molecule has 8 heteroatoms. The van der Waals surface area contributed by atoms with Crippen molar-refractivity contribution in [2.24, 2.45) is 0 Å². The van der Waals surface area contributed by atoms with Gasteiger partial charge in [0.15, 0.2) is 5.82 Å². The van der Waals surface area contributed by atoms with E-state index in [0.29, 0.717) is 11.0 Å². The van der Waals surface area contributed by atoms with Crippen LogP contribution in [0, 0.1) is 0 Å². The van der Waals surface area contributed by atoms with Crippen molar-refractivity contribution < 1.29 is 8.42 Å². The number of thiophene rings is 1. The van der Waals surface area contributed by atoms with Crippen LogP contribution in [0.3, 0.4) is 0 Å². The van der Waals surface area contributed by atoms with Gasteiger partial charge in [-0.25, -0.2) is 13.4 Å². The number of halogens is 1. The van der Waals surface area contributed by atoms with Gasteiger partial charge in [-0.3, -0.25) is 4.72 Å². The Bertz CT molecular complexity index is 701. The largest absolute Gasteiger partial charge is 0.312 e. The summed E-state index contributed by atoms with van der Waals surface area (Å²) < 4.78 is 27.7. The smallest absolute Gasteiger partial charge is 0.263 e. The Kier molecular flexibility index (Phi) is 5.74. The summed E-state index contributed by atoms with van der Waals surface area (Å²) >= 11 is 4.70. The molecule has 0 fully saturated rings. The first kappa shape index (κ1) is 16.4. The molecule has 2 aromatic rings. The van der Waals surface area contributed by atoms with Gasteiger partial charge in [0.2, 0.25) is 0 Å². The van der Waals surface area contributed by atoms with Crippen molar-refractivity contribution in [1.29, 1.82) is 0 Å². The zero-order valence-corrected chi connectivity index (χ0v) is 14.7. The number of nitrogens with zero attached hydrogens (tertiary/aromatic N) is 1. The van der Waals surface area contributed by atoms with Gasteiger partial charge in [-0.05, 0) is 47.1 Å². The number of sulfonamides is 1. The molecule has 2 aromatic heterocycles. The molecular formula is C13H16BrN3O2S2. The average molecular weight is 390 g/mol. The lowest BCUT2D eigenvalue weighted by Gasteiger charge is -2.06. The Morgan fingerprint density at radius 1 is 1.43 bits per heavy atom. The van der Waals surface area contributed by atoms with E-state index in [-0.39, 0.29) is 10.7 Å². The molecule has 21 heavy (non-hydrogen) atoms. The quantitative estimate of drug-likeness (QED) is 0.713. The molecule has 0 atom stereocenters. The molecule has 2 heterocycles. The molecular weight excluding hydrogens is 374 g/mol. The van der Waals surface area contributed by atoms with Crippen LogP contribution in [0.5, 0.6) is 0 Å². The van der Waals surface area contributed by atoms with Gasteiger partial charge >= 0.3 is 0 Å². The second kappa shape index (κ2) is 7.35. The molecule has 0 aliphatic carbocycles. The number of hydrogen-bond donors (Lipinski definition) is 2. The summed E-state index contributed by atoms with van der Waals surface area (Å²) in [6.07, 6.45) is 2.59. The second-order valence-corrected chi connectivity index (χ2v) is 7.90. The first-order valence-electron chi connectivity index (χ1n) is 6.44. The Morgan fingerprint density at radius 3 is 2.95 bits per heavy atom. The third-order valence-electron chi connectivity index (χ3n) is 2.66. The monoisotopic (exact) mass is 389 g/mol. The van der Waals surface area contributed by atoms with Crippen LogP contribution in [0.2, 0.25) is 0 Å². The minimum absolute atomic E-state index is 0.262. The normalized spacial score (nSPS) is 11.5. The van der Waals surface area contributed by atoms with Crippen LogP contribution in [-0.2, 0) is 16.6 Å². The number of aromatic nitrogens is 1. The zero-order valence-electron chi connectivity index (χ0n) is 11.5. The van der Waals surface area contributed by atoms with E-state index in [2.05, 4.69) is 37.9 Å². The number of pyridine rings is 1. The highest BCUT2D eigenvalue weighted by molar-refractivity contribution is 9.10. The summed E-state index contributed by atoms with van der Waals surface area (Å²) in [5.74, 6) is 0.286. The molecule has 0 aliphatic heterocycles. The van der Waals surface area contributed by atoms with E-state index in [9.17, 15) is 8.42 Å². The maximum Gasteiger partial charge on any atom is 0.263 e. The number of anilines is 1. The Morgan fingerprint density at radius 2 is 2.24 bits per heavy atom. The molecule has 0 unspecified atom stereocenters. The standard InChI is InChI=1S/C13H16BrN3O2S2/c1-2-5-15-8-10-7-11(9-20-10)21(18,19)17-13-12(14)4-3-6-16-13/h3-4,6-7,9,15H,2,5,8H2,1H3,(H,16,17). The first-order chi connectivity index (χ1) is 10.0. The lowest BCUT2D eigenvalue weighted by molar-refractivity contribution is 0.601. The maximum atomic E-state index is 12.3. The van der Waals surface area contributed by atoms with Crippen molar-refractivity contribution in [2.45, 2.75) is 24.8 Å². The van der Waals surface area contributed by atoms with E-state index in [1.54, 1.807) is 23.6 Å². The second-order valence-electron chi connectivity index (χ2n) is 4.36. The molecule has 0 radical (unpaired) electrons. The lowest BCUT2D eigenvalue weighted by Crippen LogP contribution is -2.14. The third-order valence-corrected chi connectivity index (χ3v) is 5.70. The third kappa shape index (κ3) is 4.50. The van der Waals surface area contributed by atoms with Crippen molar-refractivity contribution in [3.05, 3.63) is 39.1 Å². The first-order valence-corrected chi connectivity index (χ1v) is 9.60. The van der Waals surface area contributed by atoms with E-state index in [0.717, 1.165) is 17.8 Å². The van der Waals surface area contributed by atoms with Crippen LogP contribution in [-0.4, -0.2) is 19.9 Å². The Hall–Kier alpha value is -0.960. The van der Waals surface area contributed by atoms with Crippen molar-refractivity contribution in [3.8, 4) is 0 Å². The lowest BCUT2D eigenvalue weighted by atomic mass is 10.4. The predicted octanol–water partition coefficient (Wildman–Crippen LogP) is 3.21. The van der Waals surface area contributed by atoms with Crippen molar-refractivity contribution in [1.82, 2.24) is 10.3 Å². The summed E-state index contributed by atoms with van der Waals surface area (Å²) in [7, 11) is -3.61. The molecule has 5 nitrogen and oxygen atoms in total. The van der Waals surface area contributed by atoms with Gasteiger partial charge < -0.3 is 5.32 Å². The molecule has 0 bridgehead atoms. The molecule has 2 rings (SSSR count).